The van der Waals surface area contributed by atoms with E-state index in [0.717, 1.165) is 19.4 Å². The van der Waals surface area contributed by atoms with E-state index in [9.17, 15) is 5.26 Å². The highest BCUT2D eigenvalue weighted by atomic mass is 15.2. The molecule has 2 aromatic rings. The molecule has 1 N–H and O–H groups in total. The number of hydrogen-bond donors (Lipinski definition) is 1. The van der Waals surface area contributed by atoms with Gasteiger partial charge in [0.25, 0.3) is 0 Å². The highest BCUT2D eigenvalue weighted by Gasteiger charge is 2.34. The van der Waals surface area contributed by atoms with Crippen LogP contribution in [-0.2, 0) is 6.42 Å². The smallest absolute Gasteiger partial charge is 0.117 e. The number of rotatable bonds is 0. The van der Waals surface area contributed by atoms with E-state index >= 15 is 0 Å². The molecule has 3 nitrogen and oxygen atoms in total. The van der Waals surface area contributed by atoms with Gasteiger partial charge in [-0.3, -0.25) is 4.90 Å². The Morgan fingerprint density at radius 3 is 3.11 bits per heavy atom. The molecule has 2 unspecified atom stereocenters. The predicted molar refractivity (Wildman–Crippen MR) is 74.6 cm³/mol. The highest BCUT2D eigenvalue weighted by molar-refractivity contribution is 5.85. The summed E-state index contributed by atoms with van der Waals surface area (Å²) < 4.78 is 0. The third-order valence-corrected chi connectivity index (χ3v) is 4.37. The van der Waals surface area contributed by atoms with Crippen LogP contribution in [0.1, 0.15) is 23.7 Å². The molecule has 1 aromatic carbocycles. The van der Waals surface area contributed by atoms with E-state index in [0.29, 0.717) is 6.04 Å². The Bertz CT molecular complexity index is 704. The second-order valence-corrected chi connectivity index (χ2v) is 5.30. The molecule has 2 atom stereocenters. The van der Waals surface area contributed by atoms with E-state index in [1.165, 1.54) is 22.2 Å². The van der Waals surface area contributed by atoms with Gasteiger partial charge in [-0.2, -0.15) is 5.26 Å². The zero-order valence-electron chi connectivity index (χ0n) is 10.6. The van der Waals surface area contributed by atoms with Crippen molar-refractivity contribution in [3.8, 4) is 6.07 Å². The Hall–Kier alpha value is -2.05. The largest absolute Gasteiger partial charge is 0.357 e. The van der Waals surface area contributed by atoms with Crippen molar-refractivity contribution in [1.29, 1.82) is 5.26 Å². The molecule has 94 valence electrons. The molecule has 3 heterocycles. The second kappa shape index (κ2) is 3.97. The topological polar surface area (TPSA) is 42.8 Å². The average Bonchev–Trinajstić information content (AvgIpc) is 2.85. The summed E-state index contributed by atoms with van der Waals surface area (Å²) in [7, 11) is 0. The number of nitriles is 1. The zero-order valence-corrected chi connectivity index (χ0v) is 10.6. The first kappa shape index (κ1) is 10.8. The van der Waals surface area contributed by atoms with E-state index in [1.54, 1.807) is 0 Å². The van der Waals surface area contributed by atoms with Gasteiger partial charge >= 0.3 is 0 Å². The van der Waals surface area contributed by atoms with Crippen molar-refractivity contribution in [2.24, 2.45) is 0 Å². The predicted octanol–water partition coefficient (Wildman–Crippen LogP) is 2.92. The van der Waals surface area contributed by atoms with Crippen LogP contribution in [-0.4, -0.2) is 22.5 Å². The van der Waals surface area contributed by atoms with Crippen LogP contribution >= 0.6 is 0 Å². The first-order chi connectivity index (χ1) is 9.38. The zero-order chi connectivity index (χ0) is 12.8. The van der Waals surface area contributed by atoms with Crippen molar-refractivity contribution in [3.63, 3.8) is 0 Å². The number of nitrogens with zero attached hydrogens (tertiary/aromatic N) is 2. The quantitative estimate of drug-likeness (QED) is 0.729. The fraction of sp³-hybridized carbons (Fsp3) is 0.312. The Kier molecular flexibility index (Phi) is 2.27. The molecule has 1 aromatic heterocycles. The molecule has 0 fully saturated rings. The first-order valence-corrected chi connectivity index (χ1v) is 6.80. The maximum absolute atomic E-state index is 9.26. The Morgan fingerprint density at radius 1 is 1.32 bits per heavy atom. The molecule has 0 saturated heterocycles. The molecular weight excluding hydrogens is 234 g/mol. The molecule has 0 spiro atoms. The molecule has 0 aliphatic carbocycles. The van der Waals surface area contributed by atoms with E-state index in [1.807, 2.05) is 6.08 Å². The van der Waals surface area contributed by atoms with Crippen LogP contribution in [0.15, 0.2) is 36.4 Å². The summed E-state index contributed by atoms with van der Waals surface area (Å²) in [6.07, 6.45) is 6.21. The standard InChI is InChI=1S/C16H15N3/c17-10-11-4-3-7-15-16-13(8-9-19(11)15)12-5-1-2-6-14(12)18-16/h1-6,11,15,18H,7-9H2. The molecule has 0 bridgehead atoms. The Morgan fingerprint density at radius 2 is 2.21 bits per heavy atom. The van der Waals surface area contributed by atoms with Gasteiger partial charge in [-0.25, -0.2) is 0 Å². The van der Waals surface area contributed by atoms with E-state index in [2.05, 4.69) is 46.3 Å². The monoisotopic (exact) mass is 249 g/mol. The van der Waals surface area contributed by atoms with Crippen molar-refractivity contribution in [1.82, 2.24) is 9.88 Å². The molecule has 19 heavy (non-hydrogen) atoms. The van der Waals surface area contributed by atoms with Gasteiger partial charge in [-0.1, -0.05) is 30.4 Å². The highest BCUT2D eigenvalue weighted by Crippen LogP contribution is 2.39. The summed E-state index contributed by atoms with van der Waals surface area (Å²) in [5, 5.41) is 10.6. The van der Waals surface area contributed by atoms with Crippen LogP contribution in [0.5, 0.6) is 0 Å². The average molecular weight is 249 g/mol. The molecule has 0 saturated carbocycles. The number of H-pyrrole nitrogens is 1. The van der Waals surface area contributed by atoms with Crippen molar-refractivity contribution in [2.45, 2.75) is 24.9 Å². The molecule has 4 rings (SSSR count). The van der Waals surface area contributed by atoms with Crippen LogP contribution in [0.4, 0.5) is 0 Å². The van der Waals surface area contributed by atoms with Gasteiger partial charge in [-0.15, -0.1) is 0 Å². The number of nitrogens with one attached hydrogen (secondary N) is 1. The van der Waals surface area contributed by atoms with Gasteiger partial charge in [-0.05, 0) is 24.5 Å². The molecule has 2 aliphatic rings. The number of benzene rings is 1. The summed E-state index contributed by atoms with van der Waals surface area (Å²) in [6.45, 7) is 0.974. The summed E-state index contributed by atoms with van der Waals surface area (Å²) in [5.74, 6) is 0. The number of fused-ring (bicyclic) bond motifs is 5. The van der Waals surface area contributed by atoms with Gasteiger partial charge in [0.15, 0.2) is 0 Å². The number of aromatic nitrogens is 1. The van der Waals surface area contributed by atoms with Gasteiger partial charge < -0.3 is 4.98 Å². The van der Waals surface area contributed by atoms with Crippen molar-refractivity contribution >= 4 is 10.9 Å². The maximum atomic E-state index is 9.26. The lowest BCUT2D eigenvalue weighted by Crippen LogP contribution is -2.43. The normalized spacial score (nSPS) is 25.8. The summed E-state index contributed by atoms with van der Waals surface area (Å²) in [4.78, 5) is 5.89. The SMILES string of the molecule is N#CC1C=CCC2c3[nH]c4ccccc4c3CCN12. The minimum absolute atomic E-state index is 0.0710. The summed E-state index contributed by atoms with van der Waals surface area (Å²) in [6, 6.07) is 11.2. The lowest BCUT2D eigenvalue weighted by molar-refractivity contribution is 0.163. The first-order valence-electron chi connectivity index (χ1n) is 6.80. The minimum atomic E-state index is -0.0710. The van der Waals surface area contributed by atoms with Crippen molar-refractivity contribution in [3.05, 3.63) is 47.7 Å². The van der Waals surface area contributed by atoms with Crippen LogP contribution in [0.3, 0.4) is 0 Å². The molecule has 2 aliphatic heterocycles. The summed E-state index contributed by atoms with van der Waals surface area (Å²) in [5.41, 5.74) is 3.98. The van der Waals surface area contributed by atoms with Crippen LogP contribution in [0.2, 0.25) is 0 Å². The third kappa shape index (κ3) is 1.47. The minimum Gasteiger partial charge on any atom is -0.357 e. The molecular formula is C16H15N3. The molecule has 0 amide bonds. The van der Waals surface area contributed by atoms with E-state index < -0.39 is 0 Å². The maximum Gasteiger partial charge on any atom is 0.117 e. The van der Waals surface area contributed by atoms with Gasteiger partial charge in [0.1, 0.15) is 6.04 Å². The lowest BCUT2D eigenvalue weighted by atomic mass is 9.91. The Balaban J connectivity index is 1.88. The number of aromatic amines is 1. The summed E-state index contributed by atoms with van der Waals surface area (Å²) >= 11 is 0. The van der Waals surface area contributed by atoms with Gasteiger partial charge in [0.2, 0.25) is 0 Å². The molecule has 0 radical (unpaired) electrons. The van der Waals surface area contributed by atoms with Crippen LogP contribution in [0, 0.1) is 11.3 Å². The number of para-hydroxylation sites is 1. The third-order valence-electron chi connectivity index (χ3n) is 4.37. The van der Waals surface area contributed by atoms with Gasteiger partial charge in [0.05, 0.1) is 12.1 Å². The second-order valence-electron chi connectivity index (χ2n) is 5.30. The van der Waals surface area contributed by atoms with Crippen LogP contribution < -0.4 is 0 Å². The van der Waals surface area contributed by atoms with Gasteiger partial charge in [0, 0.05) is 23.1 Å². The lowest BCUT2D eigenvalue weighted by Gasteiger charge is -2.39. The van der Waals surface area contributed by atoms with E-state index in [-0.39, 0.29) is 6.04 Å². The van der Waals surface area contributed by atoms with Crippen LogP contribution in [0.25, 0.3) is 10.9 Å². The Labute approximate surface area is 112 Å². The fourth-order valence-corrected chi connectivity index (χ4v) is 3.49. The number of hydrogen-bond acceptors (Lipinski definition) is 2. The fourth-order valence-electron chi connectivity index (χ4n) is 3.49. The molecule has 3 heteroatoms. The van der Waals surface area contributed by atoms with Crippen molar-refractivity contribution < 1.29 is 0 Å². The van der Waals surface area contributed by atoms with Crippen molar-refractivity contribution in [2.75, 3.05) is 6.54 Å². The van der Waals surface area contributed by atoms with E-state index in [4.69, 9.17) is 0 Å².